The number of nitrogens with zero attached hydrogens (tertiary/aromatic N) is 2. The first-order valence-electron chi connectivity index (χ1n) is 5.95. The Hall–Kier alpha value is -2.10. The van der Waals surface area contributed by atoms with Gasteiger partial charge in [-0.05, 0) is 12.5 Å². The van der Waals surface area contributed by atoms with Gasteiger partial charge in [0.15, 0.2) is 5.78 Å². The molecule has 1 aliphatic heterocycles. The molecule has 4 nitrogen and oxygen atoms in total. The van der Waals surface area contributed by atoms with Crippen LogP contribution in [0.4, 0.5) is 0 Å². The zero-order valence-corrected chi connectivity index (χ0v) is 10.4. The number of rotatable bonds is 1. The molecule has 92 valence electrons. The van der Waals surface area contributed by atoms with Crippen LogP contribution in [0.2, 0.25) is 0 Å². The molecule has 2 aromatic rings. The van der Waals surface area contributed by atoms with Crippen LogP contribution in [0.3, 0.4) is 0 Å². The molecule has 3 rings (SSSR count). The summed E-state index contributed by atoms with van der Waals surface area (Å²) in [5.41, 5.74) is 2.39. The van der Waals surface area contributed by atoms with Gasteiger partial charge in [-0.3, -0.25) is 4.79 Å². The molecule has 0 saturated carbocycles. The van der Waals surface area contributed by atoms with Gasteiger partial charge in [-0.15, -0.1) is 0 Å². The maximum atomic E-state index is 12.2. The van der Waals surface area contributed by atoms with Crippen molar-refractivity contribution < 1.29 is 9.53 Å². The van der Waals surface area contributed by atoms with E-state index in [2.05, 4.69) is 5.10 Å². The minimum absolute atomic E-state index is 0.107. The first-order chi connectivity index (χ1) is 8.66. The highest BCUT2D eigenvalue weighted by Crippen LogP contribution is 2.35. The van der Waals surface area contributed by atoms with Gasteiger partial charge in [0, 0.05) is 7.05 Å². The molecule has 0 aliphatic carbocycles. The Morgan fingerprint density at radius 3 is 2.78 bits per heavy atom. The zero-order valence-electron chi connectivity index (χ0n) is 10.4. The average Bonchev–Trinajstić information content (AvgIpc) is 2.66. The van der Waals surface area contributed by atoms with E-state index in [0.29, 0.717) is 17.9 Å². The molecule has 0 N–H and O–H groups in total. The number of fused-ring (bicyclic) bond motifs is 1. The van der Waals surface area contributed by atoms with Crippen molar-refractivity contribution in [2.75, 3.05) is 0 Å². The third kappa shape index (κ3) is 1.61. The molecule has 4 heteroatoms. The first kappa shape index (κ1) is 11.0. The molecule has 1 atom stereocenters. The molecule has 0 saturated heterocycles. The van der Waals surface area contributed by atoms with Crippen LogP contribution in [-0.2, 0) is 7.05 Å². The summed E-state index contributed by atoms with van der Waals surface area (Å²) in [6.45, 7) is 1.84. The lowest BCUT2D eigenvalue weighted by atomic mass is 9.98. The monoisotopic (exact) mass is 242 g/mol. The van der Waals surface area contributed by atoms with Crippen LogP contribution in [-0.4, -0.2) is 15.6 Å². The van der Waals surface area contributed by atoms with E-state index in [1.807, 2.05) is 37.3 Å². The van der Waals surface area contributed by atoms with Crippen molar-refractivity contribution in [3.05, 3.63) is 47.2 Å². The zero-order chi connectivity index (χ0) is 12.7. The number of aromatic nitrogens is 2. The molecule has 1 aromatic carbocycles. The minimum atomic E-state index is -0.207. The fraction of sp³-hybridized carbons (Fsp3) is 0.286. The van der Waals surface area contributed by atoms with Crippen LogP contribution in [0.1, 0.15) is 34.1 Å². The lowest BCUT2D eigenvalue weighted by Crippen LogP contribution is -2.21. The molecule has 0 bridgehead atoms. The van der Waals surface area contributed by atoms with Crippen LogP contribution in [0, 0.1) is 6.92 Å². The van der Waals surface area contributed by atoms with Crippen molar-refractivity contribution in [2.24, 2.45) is 7.05 Å². The number of hydrogen-bond donors (Lipinski definition) is 0. The van der Waals surface area contributed by atoms with E-state index in [9.17, 15) is 4.79 Å². The fourth-order valence-electron chi connectivity index (χ4n) is 2.39. The molecule has 18 heavy (non-hydrogen) atoms. The molecule has 0 radical (unpaired) electrons. The van der Waals surface area contributed by atoms with Crippen LogP contribution in [0.5, 0.6) is 5.88 Å². The molecule has 0 amide bonds. The van der Waals surface area contributed by atoms with Crippen LogP contribution in [0.25, 0.3) is 0 Å². The number of Topliss-reactive ketones (excluding diaryl/α,β-unsaturated/α-hetero) is 1. The second-order valence-corrected chi connectivity index (χ2v) is 4.53. The summed E-state index contributed by atoms with van der Waals surface area (Å²) in [7, 11) is 1.80. The Morgan fingerprint density at radius 2 is 2.06 bits per heavy atom. The second kappa shape index (κ2) is 3.98. The molecule has 1 aromatic heterocycles. The molecule has 0 fully saturated rings. The van der Waals surface area contributed by atoms with Crippen LogP contribution in [0.15, 0.2) is 30.3 Å². The summed E-state index contributed by atoms with van der Waals surface area (Å²) in [5.74, 6) is 0.688. The summed E-state index contributed by atoms with van der Waals surface area (Å²) in [4.78, 5) is 12.2. The number of carbonyl (C=O) groups is 1. The molecular formula is C14H14N2O2. The Bertz CT molecular complexity index is 602. The van der Waals surface area contributed by atoms with Gasteiger partial charge in [0.05, 0.1) is 12.1 Å². The predicted molar refractivity (Wildman–Crippen MR) is 66.7 cm³/mol. The van der Waals surface area contributed by atoms with Crippen LogP contribution >= 0.6 is 0 Å². The average molecular weight is 242 g/mol. The van der Waals surface area contributed by atoms with Gasteiger partial charge in [0.25, 0.3) is 0 Å². The standard InChI is InChI=1S/C14H14N2O2/c1-9-13-11(17)8-12(10-6-4-3-5-7-10)18-14(13)16(2)15-9/h3-7,12H,8H2,1-2H3. The Morgan fingerprint density at radius 1 is 1.33 bits per heavy atom. The first-order valence-corrected chi connectivity index (χ1v) is 5.95. The minimum Gasteiger partial charge on any atom is -0.469 e. The van der Waals surface area contributed by atoms with Gasteiger partial charge in [-0.2, -0.15) is 5.10 Å². The summed E-state index contributed by atoms with van der Waals surface area (Å²) in [5, 5.41) is 4.24. The quantitative estimate of drug-likeness (QED) is 0.771. The Labute approximate surface area is 105 Å². The number of ether oxygens (including phenoxy) is 1. The van der Waals surface area contributed by atoms with E-state index >= 15 is 0 Å². The normalized spacial score (nSPS) is 18.3. The van der Waals surface area contributed by atoms with Gasteiger partial charge in [-0.1, -0.05) is 30.3 Å². The lowest BCUT2D eigenvalue weighted by Gasteiger charge is -2.23. The largest absolute Gasteiger partial charge is 0.469 e. The maximum absolute atomic E-state index is 12.2. The number of ketones is 1. The van der Waals surface area contributed by atoms with Gasteiger partial charge in [-0.25, -0.2) is 4.68 Å². The van der Waals surface area contributed by atoms with Gasteiger partial charge in [0.2, 0.25) is 5.88 Å². The molecule has 2 heterocycles. The van der Waals surface area contributed by atoms with Crippen molar-refractivity contribution in [1.29, 1.82) is 0 Å². The van der Waals surface area contributed by atoms with E-state index < -0.39 is 0 Å². The number of carbonyl (C=O) groups excluding carboxylic acids is 1. The van der Waals surface area contributed by atoms with Crippen molar-refractivity contribution >= 4 is 5.78 Å². The molecule has 1 unspecified atom stereocenters. The Kier molecular flexibility index (Phi) is 2.44. The second-order valence-electron chi connectivity index (χ2n) is 4.53. The summed E-state index contributed by atoms with van der Waals surface area (Å²) in [6, 6.07) is 9.81. The van der Waals surface area contributed by atoms with Gasteiger partial charge in [0.1, 0.15) is 11.7 Å². The van der Waals surface area contributed by atoms with E-state index in [4.69, 9.17) is 4.74 Å². The number of benzene rings is 1. The SMILES string of the molecule is Cc1nn(C)c2c1C(=O)CC(c1ccccc1)O2. The highest BCUT2D eigenvalue weighted by atomic mass is 16.5. The highest BCUT2D eigenvalue weighted by Gasteiger charge is 2.32. The van der Waals surface area contributed by atoms with Crippen LogP contribution < -0.4 is 4.74 Å². The molecule has 0 spiro atoms. The smallest absolute Gasteiger partial charge is 0.223 e. The third-order valence-electron chi connectivity index (χ3n) is 3.24. The number of aryl methyl sites for hydroxylation is 2. The fourth-order valence-corrected chi connectivity index (χ4v) is 2.39. The highest BCUT2D eigenvalue weighted by molar-refractivity contribution is 6.00. The lowest BCUT2D eigenvalue weighted by molar-refractivity contribution is 0.0833. The summed E-state index contributed by atoms with van der Waals surface area (Å²) < 4.78 is 7.56. The van der Waals surface area contributed by atoms with E-state index in [1.54, 1.807) is 11.7 Å². The maximum Gasteiger partial charge on any atom is 0.223 e. The van der Waals surface area contributed by atoms with Crippen molar-refractivity contribution in [3.8, 4) is 5.88 Å². The van der Waals surface area contributed by atoms with Crippen molar-refractivity contribution in [3.63, 3.8) is 0 Å². The van der Waals surface area contributed by atoms with Gasteiger partial charge < -0.3 is 4.74 Å². The molecule has 1 aliphatic rings. The van der Waals surface area contributed by atoms with Gasteiger partial charge >= 0.3 is 0 Å². The molecular weight excluding hydrogens is 228 g/mol. The summed E-state index contributed by atoms with van der Waals surface area (Å²) in [6.07, 6.45) is 0.171. The van der Waals surface area contributed by atoms with E-state index in [0.717, 1.165) is 11.3 Å². The topological polar surface area (TPSA) is 44.1 Å². The summed E-state index contributed by atoms with van der Waals surface area (Å²) >= 11 is 0. The van der Waals surface area contributed by atoms with Crippen molar-refractivity contribution in [2.45, 2.75) is 19.4 Å². The van der Waals surface area contributed by atoms with Crippen molar-refractivity contribution in [1.82, 2.24) is 9.78 Å². The Balaban J connectivity index is 2.02. The third-order valence-corrected chi connectivity index (χ3v) is 3.24. The number of hydrogen-bond acceptors (Lipinski definition) is 3. The predicted octanol–water partition coefficient (Wildman–Crippen LogP) is 2.44. The van der Waals surface area contributed by atoms with E-state index in [-0.39, 0.29) is 11.9 Å². The van der Waals surface area contributed by atoms with E-state index in [1.165, 1.54) is 0 Å².